The predicted molar refractivity (Wildman–Crippen MR) is 80.2 cm³/mol. The molecule has 1 aromatic carbocycles. The summed E-state index contributed by atoms with van der Waals surface area (Å²) in [5.74, 6) is -1.73. The van der Waals surface area contributed by atoms with Gasteiger partial charge >= 0.3 is 0 Å². The first-order valence-corrected chi connectivity index (χ1v) is 7.19. The number of Topliss-reactive ketones (excluding diaryl/α,β-unsaturated/α-hetero) is 2. The van der Waals surface area contributed by atoms with Crippen LogP contribution in [0.15, 0.2) is 33.5 Å². The molecule has 0 amide bonds. The normalized spacial score (nSPS) is 14.4. The molecular formula is C14H7BrClFN2O3. The Hall–Kier alpha value is -1.99. The van der Waals surface area contributed by atoms with Gasteiger partial charge in [-0.1, -0.05) is 11.6 Å². The molecule has 3 rings (SSSR count). The van der Waals surface area contributed by atoms with E-state index in [-0.39, 0.29) is 28.0 Å². The highest BCUT2D eigenvalue weighted by molar-refractivity contribution is 9.10. The highest BCUT2D eigenvalue weighted by atomic mass is 79.9. The lowest BCUT2D eigenvalue weighted by Gasteiger charge is -2.11. The number of allylic oxidation sites excluding steroid dienone is 2. The van der Waals surface area contributed by atoms with E-state index in [0.29, 0.717) is 10.0 Å². The summed E-state index contributed by atoms with van der Waals surface area (Å²) in [6.45, 7) is 0. The van der Waals surface area contributed by atoms with Gasteiger partial charge in [0, 0.05) is 5.56 Å². The van der Waals surface area contributed by atoms with E-state index in [9.17, 15) is 14.0 Å². The Bertz CT molecular complexity index is 860. The molecule has 0 spiro atoms. The summed E-state index contributed by atoms with van der Waals surface area (Å²) in [7, 11) is 1.24. The average molecular weight is 386 g/mol. The number of imidazole rings is 1. The van der Waals surface area contributed by atoms with Gasteiger partial charge in [0.2, 0.25) is 11.6 Å². The van der Waals surface area contributed by atoms with E-state index in [1.54, 1.807) is 6.07 Å². The molecule has 0 aliphatic heterocycles. The second-order valence-electron chi connectivity index (χ2n) is 4.44. The molecule has 1 heterocycles. The second-order valence-corrected chi connectivity index (χ2v) is 5.68. The molecule has 1 aliphatic rings. The lowest BCUT2D eigenvalue weighted by Crippen LogP contribution is -2.20. The summed E-state index contributed by atoms with van der Waals surface area (Å²) in [6, 6.07) is 4.33. The lowest BCUT2D eigenvalue weighted by atomic mass is 10.0. The molecule has 0 unspecified atom stereocenters. The number of ketones is 2. The van der Waals surface area contributed by atoms with E-state index in [1.165, 1.54) is 19.2 Å². The Morgan fingerprint density at radius 1 is 1.32 bits per heavy atom. The van der Waals surface area contributed by atoms with Gasteiger partial charge in [0.05, 0.1) is 11.6 Å². The van der Waals surface area contributed by atoms with Crippen LogP contribution in [0.5, 0.6) is 0 Å². The minimum atomic E-state index is -0.595. The van der Waals surface area contributed by atoms with Crippen LogP contribution < -0.4 is 0 Å². The zero-order chi connectivity index (χ0) is 16.0. The maximum Gasteiger partial charge on any atom is 0.249 e. The third-order valence-corrected chi connectivity index (χ3v) is 4.13. The van der Waals surface area contributed by atoms with Crippen molar-refractivity contribution in [2.75, 3.05) is 7.11 Å². The van der Waals surface area contributed by atoms with E-state index in [0.717, 1.165) is 0 Å². The van der Waals surface area contributed by atoms with Crippen molar-refractivity contribution in [2.24, 2.45) is 0 Å². The van der Waals surface area contributed by atoms with Gasteiger partial charge in [0.25, 0.3) is 0 Å². The Labute approximate surface area is 137 Å². The first kappa shape index (κ1) is 14.9. The number of aromatic nitrogens is 2. The van der Waals surface area contributed by atoms with E-state index in [4.69, 9.17) is 16.3 Å². The van der Waals surface area contributed by atoms with Crippen LogP contribution >= 0.6 is 27.5 Å². The van der Waals surface area contributed by atoms with Gasteiger partial charge in [-0.25, -0.2) is 9.37 Å². The number of carbonyl (C=O) groups is 2. The van der Waals surface area contributed by atoms with Crippen molar-refractivity contribution in [3.63, 3.8) is 0 Å². The number of H-pyrrole nitrogens is 1. The summed E-state index contributed by atoms with van der Waals surface area (Å²) < 4.78 is 18.8. The number of aromatic amines is 1. The summed E-state index contributed by atoms with van der Waals surface area (Å²) in [5.41, 5.74) is 0.268. The molecule has 0 atom stereocenters. The van der Waals surface area contributed by atoms with Crippen LogP contribution in [-0.4, -0.2) is 28.6 Å². The van der Waals surface area contributed by atoms with E-state index < -0.39 is 17.4 Å². The van der Waals surface area contributed by atoms with Gasteiger partial charge in [-0.15, -0.1) is 0 Å². The topological polar surface area (TPSA) is 72.1 Å². The van der Waals surface area contributed by atoms with Crippen molar-refractivity contribution in [3.05, 3.63) is 50.7 Å². The highest BCUT2D eigenvalue weighted by Gasteiger charge is 2.36. The molecule has 0 saturated carbocycles. The van der Waals surface area contributed by atoms with Crippen molar-refractivity contribution in [1.29, 1.82) is 0 Å². The number of nitrogens with zero attached hydrogens (tertiary/aromatic N) is 1. The van der Waals surface area contributed by atoms with Gasteiger partial charge in [-0.05, 0) is 34.1 Å². The largest absolute Gasteiger partial charge is 0.491 e. The van der Waals surface area contributed by atoms with Crippen LogP contribution in [0.25, 0.3) is 11.4 Å². The minimum Gasteiger partial charge on any atom is -0.491 e. The third-order valence-electron chi connectivity index (χ3n) is 3.15. The number of carbonyl (C=O) groups excluding carboxylic acids is 2. The molecule has 1 N–H and O–H groups in total. The lowest BCUT2D eigenvalue weighted by molar-refractivity contribution is 0.0907. The molecule has 0 bridgehead atoms. The highest BCUT2D eigenvalue weighted by Crippen LogP contribution is 2.30. The van der Waals surface area contributed by atoms with E-state index in [2.05, 4.69) is 25.9 Å². The second kappa shape index (κ2) is 5.33. The smallest absolute Gasteiger partial charge is 0.249 e. The summed E-state index contributed by atoms with van der Waals surface area (Å²) in [4.78, 5) is 31.1. The van der Waals surface area contributed by atoms with Crippen LogP contribution in [0.1, 0.15) is 21.0 Å². The first-order valence-electron chi connectivity index (χ1n) is 6.02. The van der Waals surface area contributed by atoms with E-state index >= 15 is 0 Å². The number of rotatable bonds is 2. The van der Waals surface area contributed by atoms with Crippen molar-refractivity contribution in [3.8, 4) is 11.4 Å². The molecule has 0 fully saturated rings. The monoisotopic (exact) mass is 384 g/mol. The zero-order valence-electron chi connectivity index (χ0n) is 11.0. The molecule has 1 aliphatic carbocycles. The first-order chi connectivity index (χ1) is 10.4. The summed E-state index contributed by atoms with van der Waals surface area (Å²) in [6.07, 6.45) is 0. The van der Waals surface area contributed by atoms with Gasteiger partial charge in [-0.3, -0.25) is 9.59 Å². The Morgan fingerprint density at radius 3 is 2.68 bits per heavy atom. The fourth-order valence-corrected chi connectivity index (χ4v) is 2.59. The van der Waals surface area contributed by atoms with Crippen molar-refractivity contribution in [2.45, 2.75) is 0 Å². The molecule has 22 heavy (non-hydrogen) atoms. The quantitative estimate of drug-likeness (QED) is 0.859. The Morgan fingerprint density at radius 2 is 2.05 bits per heavy atom. The number of benzene rings is 1. The van der Waals surface area contributed by atoms with Gasteiger partial charge < -0.3 is 9.72 Å². The minimum absolute atomic E-state index is 0.0332. The molecule has 0 radical (unpaired) electrons. The number of ether oxygens (including phenoxy) is 1. The van der Waals surface area contributed by atoms with E-state index in [1.807, 2.05) is 0 Å². The van der Waals surface area contributed by atoms with Crippen molar-refractivity contribution < 1.29 is 18.7 Å². The Balaban J connectivity index is 2.13. The zero-order valence-corrected chi connectivity index (χ0v) is 13.4. The number of halogens is 3. The van der Waals surface area contributed by atoms with Crippen molar-refractivity contribution >= 4 is 39.1 Å². The molecule has 1 aromatic heterocycles. The summed E-state index contributed by atoms with van der Waals surface area (Å²) >= 11 is 8.88. The van der Waals surface area contributed by atoms with Gasteiger partial charge in [0.1, 0.15) is 28.1 Å². The van der Waals surface area contributed by atoms with Gasteiger partial charge in [-0.2, -0.15) is 0 Å². The van der Waals surface area contributed by atoms with Crippen LogP contribution in [0.2, 0.25) is 0 Å². The molecule has 5 nitrogen and oxygen atoms in total. The molecule has 8 heteroatoms. The van der Waals surface area contributed by atoms with Crippen LogP contribution in [0.4, 0.5) is 4.39 Å². The fourth-order valence-electron chi connectivity index (χ4n) is 2.08. The predicted octanol–water partition coefficient (Wildman–Crippen LogP) is 3.45. The van der Waals surface area contributed by atoms with Crippen LogP contribution in [-0.2, 0) is 4.74 Å². The SMILES string of the molecule is COC1=C(Cl)C(=O)c2[nH]c(-c3ccc(Br)c(F)c3)nc2C1=O. The Kier molecular flexibility index (Phi) is 3.62. The number of methoxy groups -OCH3 is 1. The number of hydrogen-bond donors (Lipinski definition) is 1. The molecule has 112 valence electrons. The standard InChI is InChI=1S/C14H7BrClFN2O3/c1-22-13-8(16)11(20)9-10(12(13)21)19-14(18-9)5-2-3-6(15)7(17)4-5/h2-4H,1H3,(H,18,19). The number of hydrogen-bond acceptors (Lipinski definition) is 4. The number of nitrogens with one attached hydrogen (secondary N) is 1. The molecule has 0 saturated heterocycles. The van der Waals surface area contributed by atoms with Crippen molar-refractivity contribution in [1.82, 2.24) is 9.97 Å². The fraction of sp³-hybridized carbons (Fsp3) is 0.0714. The number of fused-ring (bicyclic) bond motifs is 1. The average Bonchev–Trinajstić information content (AvgIpc) is 2.94. The maximum absolute atomic E-state index is 13.6. The van der Waals surface area contributed by atoms with Crippen LogP contribution in [0, 0.1) is 5.82 Å². The van der Waals surface area contributed by atoms with Crippen LogP contribution in [0.3, 0.4) is 0 Å². The maximum atomic E-state index is 13.6. The molecule has 2 aromatic rings. The third kappa shape index (κ3) is 2.17. The van der Waals surface area contributed by atoms with Gasteiger partial charge in [0.15, 0.2) is 5.76 Å². The molecular weight excluding hydrogens is 379 g/mol. The summed E-state index contributed by atoms with van der Waals surface area (Å²) in [5, 5.41) is -0.308.